The minimum absolute atomic E-state index is 0.0380. The fourth-order valence-corrected chi connectivity index (χ4v) is 1.74. The Balaban J connectivity index is 2.57. The van der Waals surface area contributed by atoms with Crippen LogP contribution in [0.4, 0.5) is 0 Å². The normalized spacial score (nSPS) is 28.9. The first-order chi connectivity index (χ1) is 7.08. The van der Waals surface area contributed by atoms with Gasteiger partial charge in [-0.2, -0.15) is 0 Å². The SMILES string of the molecule is CC[C@H](N)C(=O)N1CC(C)OC(CO)C1. The Bertz CT molecular complexity index is 223. The Morgan fingerprint density at radius 2 is 2.33 bits per heavy atom. The number of hydrogen-bond acceptors (Lipinski definition) is 4. The summed E-state index contributed by atoms with van der Waals surface area (Å²) in [5.74, 6) is -0.0499. The van der Waals surface area contributed by atoms with Gasteiger partial charge in [0.05, 0.1) is 24.9 Å². The molecule has 15 heavy (non-hydrogen) atoms. The number of nitrogens with zero attached hydrogens (tertiary/aromatic N) is 1. The molecule has 1 rings (SSSR count). The Hall–Kier alpha value is -0.650. The third-order valence-electron chi connectivity index (χ3n) is 2.60. The topological polar surface area (TPSA) is 75.8 Å². The van der Waals surface area contributed by atoms with Gasteiger partial charge in [0.25, 0.3) is 0 Å². The van der Waals surface area contributed by atoms with E-state index in [1.54, 1.807) is 4.90 Å². The highest BCUT2D eigenvalue weighted by Crippen LogP contribution is 2.12. The number of morpholine rings is 1. The van der Waals surface area contributed by atoms with Crippen LogP contribution in [0.5, 0.6) is 0 Å². The number of aliphatic hydroxyl groups is 1. The number of carbonyl (C=O) groups excluding carboxylic acids is 1. The van der Waals surface area contributed by atoms with Crippen LogP contribution in [-0.4, -0.2) is 53.9 Å². The highest BCUT2D eigenvalue weighted by molar-refractivity contribution is 5.81. The Kier molecular flexibility index (Phi) is 4.50. The summed E-state index contributed by atoms with van der Waals surface area (Å²) in [5, 5.41) is 9.01. The predicted molar refractivity (Wildman–Crippen MR) is 56.3 cm³/mol. The van der Waals surface area contributed by atoms with Gasteiger partial charge in [0, 0.05) is 13.1 Å². The molecule has 0 aliphatic carbocycles. The van der Waals surface area contributed by atoms with Gasteiger partial charge in [0.2, 0.25) is 5.91 Å². The molecule has 0 spiro atoms. The maximum atomic E-state index is 11.8. The number of nitrogens with two attached hydrogens (primary N) is 1. The van der Waals surface area contributed by atoms with E-state index in [-0.39, 0.29) is 24.7 Å². The molecule has 1 saturated heterocycles. The van der Waals surface area contributed by atoms with Gasteiger partial charge >= 0.3 is 0 Å². The molecule has 1 aliphatic heterocycles. The summed E-state index contributed by atoms with van der Waals surface area (Å²) >= 11 is 0. The highest BCUT2D eigenvalue weighted by Gasteiger charge is 2.29. The quantitative estimate of drug-likeness (QED) is 0.656. The van der Waals surface area contributed by atoms with Crippen molar-refractivity contribution in [3.05, 3.63) is 0 Å². The molecule has 3 N–H and O–H groups in total. The van der Waals surface area contributed by atoms with Gasteiger partial charge in [-0.25, -0.2) is 0 Å². The molecule has 1 fully saturated rings. The minimum atomic E-state index is -0.436. The highest BCUT2D eigenvalue weighted by atomic mass is 16.5. The van der Waals surface area contributed by atoms with Gasteiger partial charge in [-0.1, -0.05) is 6.92 Å². The number of rotatable bonds is 3. The largest absolute Gasteiger partial charge is 0.394 e. The molecule has 1 aliphatic rings. The summed E-state index contributed by atoms with van der Waals surface area (Å²) in [6, 6.07) is -0.436. The van der Waals surface area contributed by atoms with Crippen LogP contribution in [0.3, 0.4) is 0 Å². The van der Waals surface area contributed by atoms with Crippen LogP contribution >= 0.6 is 0 Å². The molecule has 5 heteroatoms. The zero-order valence-corrected chi connectivity index (χ0v) is 9.35. The van der Waals surface area contributed by atoms with Crippen LogP contribution < -0.4 is 5.73 Å². The molecular formula is C10H20N2O3. The van der Waals surface area contributed by atoms with Crippen molar-refractivity contribution < 1.29 is 14.6 Å². The first-order valence-electron chi connectivity index (χ1n) is 5.39. The van der Waals surface area contributed by atoms with Gasteiger partial charge in [-0.15, -0.1) is 0 Å². The van der Waals surface area contributed by atoms with Crippen molar-refractivity contribution in [3.8, 4) is 0 Å². The Labute approximate surface area is 90.2 Å². The lowest BCUT2D eigenvalue weighted by Gasteiger charge is -2.37. The van der Waals surface area contributed by atoms with Crippen molar-refractivity contribution in [2.75, 3.05) is 19.7 Å². The molecule has 0 saturated carbocycles. The van der Waals surface area contributed by atoms with E-state index in [4.69, 9.17) is 15.6 Å². The molecule has 0 bridgehead atoms. The molecule has 1 amide bonds. The summed E-state index contributed by atoms with van der Waals surface area (Å²) in [4.78, 5) is 13.5. The number of hydrogen-bond donors (Lipinski definition) is 2. The van der Waals surface area contributed by atoms with Crippen LogP contribution in [0, 0.1) is 0 Å². The molecule has 0 radical (unpaired) electrons. The van der Waals surface area contributed by atoms with Crippen LogP contribution in [0.2, 0.25) is 0 Å². The first kappa shape index (κ1) is 12.4. The molecular weight excluding hydrogens is 196 g/mol. The lowest BCUT2D eigenvalue weighted by atomic mass is 10.1. The van der Waals surface area contributed by atoms with Gasteiger partial charge in [-0.05, 0) is 13.3 Å². The van der Waals surface area contributed by atoms with E-state index in [0.717, 1.165) is 0 Å². The van der Waals surface area contributed by atoms with E-state index in [1.807, 2.05) is 13.8 Å². The predicted octanol–water partition coefficient (Wildman–Crippen LogP) is -0.668. The number of amides is 1. The zero-order valence-electron chi connectivity index (χ0n) is 9.35. The van der Waals surface area contributed by atoms with Crippen molar-refractivity contribution >= 4 is 5.91 Å². The number of carbonyl (C=O) groups is 1. The second-order valence-corrected chi connectivity index (χ2v) is 4.01. The monoisotopic (exact) mass is 216 g/mol. The summed E-state index contributed by atoms with van der Waals surface area (Å²) in [6.07, 6.45) is 0.319. The van der Waals surface area contributed by atoms with E-state index >= 15 is 0 Å². The third-order valence-corrected chi connectivity index (χ3v) is 2.60. The Morgan fingerprint density at radius 1 is 1.67 bits per heavy atom. The smallest absolute Gasteiger partial charge is 0.239 e. The standard InChI is InChI=1S/C10H20N2O3/c1-3-9(11)10(14)12-4-7(2)15-8(5-12)6-13/h7-9,13H,3-6,11H2,1-2H3/t7?,8?,9-/m0/s1. The van der Waals surface area contributed by atoms with E-state index in [1.165, 1.54) is 0 Å². The van der Waals surface area contributed by atoms with Crippen molar-refractivity contribution in [2.24, 2.45) is 5.73 Å². The summed E-state index contributed by atoms with van der Waals surface area (Å²) in [6.45, 7) is 4.71. The summed E-state index contributed by atoms with van der Waals surface area (Å²) in [7, 11) is 0. The second kappa shape index (κ2) is 5.44. The van der Waals surface area contributed by atoms with Crippen molar-refractivity contribution in [1.29, 1.82) is 0 Å². The second-order valence-electron chi connectivity index (χ2n) is 4.01. The maximum absolute atomic E-state index is 11.8. The van der Waals surface area contributed by atoms with Crippen LogP contribution in [0.1, 0.15) is 20.3 Å². The molecule has 88 valence electrons. The lowest BCUT2D eigenvalue weighted by Crippen LogP contribution is -2.54. The van der Waals surface area contributed by atoms with Gasteiger partial charge in [-0.3, -0.25) is 4.79 Å². The van der Waals surface area contributed by atoms with E-state index < -0.39 is 6.04 Å². The van der Waals surface area contributed by atoms with Crippen molar-refractivity contribution in [3.63, 3.8) is 0 Å². The van der Waals surface area contributed by atoms with Gasteiger partial charge in [0.15, 0.2) is 0 Å². The molecule has 5 nitrogen and oxygen atoms in total. The lowest BCUT2D eigenvalue weighted by molar-refractivity contribution is -0.148. The van der Waals surface area contributed by atoms with Gasteiger partial charge in [0.1, 0.15) is 0 Å². The fraction of sp³-hybridized carbons (Fsp3) is 0.900. The van der Waals surface area contributed by atoms with E-state index in [9.17, 15) is 4.79 Å². The van der Waals surface area contributed by atoms with Crippen molar-refractivity contribution in [2.45, 2.75) is 38.5 Å². The van der Waals surface area contributed by atoms with Crippen molar-refractivity contribution in [1.82, 2.24) is 4.90 Å². The number of aliphatic hydroxyl groups excluding tert-OH is 1. The zero-order chi connectivity index (χ0) is 11.4. The first-order valence-corrected chi connectivity index (χ1v) is 5.39. The fourth-order valence-electron chi connectivity index (χ4n) is 1.74. The molecule has 0 aromatic rings. The maximum Gasteiger partial charge on any atom is 0.239 e. The molecule has 0 aromatic heterocycles. The van der Waals surface area contributed by atoms with Crippen LogP contribution in [0.25, 0.3) is 0 Å². The Morgan fingerprint density at radius 3 is 2.87 bits per heavy atom. The average Bonchev–Trinajstić information content (AvgIpc) is 2.26. The van der Waals surface area contributed by atoms with Crippen LogP contribution in [-0.2, 0) is 9.53 Å². The molecule has 2 unspecified atom stereocenters. The molecule has 1 heterocycles. The molecule has 0 aromatic carbocycles. The molecule has 3 atom stereocenters. The third kappa shape index (κ3) is 3.15. The van der Waals surface area contributed by atoms with E-state index in [0.29, 0.717) is 19.5 Å². The number of ether oxygens (including phenoxy) is 1. The minimum Gasteiger partial charge on any atom is -0.394 e. The van der Waals surface area contributed by atoms with E-state index in [2.05, 4.69) is 0 Å². The summed E-state index contributed by atoms with van der Waals surface area (Å²) in [5.41, 5.74) is 5.69. The average molecular weight is 216 g/mol. The summed E-state index contributed by atoms with van der Waals surface area (Å²) < 4.78 is 5.44. The van der Waals surface area contributed by atoms with Gasteiger partial charge < -0.3 is 20.5 Å². The van der Waals surface area contributed by atoms with Crippen LogP contribution in [0.15, 0.2) is 0 Å².